The Kier molecular flexibility index (Phi) is 6.69. The molecule has 0 aromatic heterocycles. The molecule has 1 heterocycles. The number of thioether (sulfide) groups is 1. The van der Waals surface area contributed by atoms with Crippen molar-refractivity contribution in [3.8, 4) is 11.5 Å². The number of hydrogen-bond acceptors (Lipinski definition) is 5. The number of rotatable bonds is 7. The van der Waals surface area contributed by atoms with Crippen molar-refractivity contribution in [2.45, 2.75) is 11.4 Å². The Hall–Kier alpha value is -1.41. The number of benzene rings is 2. The third-order valence-electron chi connectivity index (χ3n) is 3.76. The van der Waals surface area contributed by atoms with Crippen molar-refractivity contribution < 1.29 is 19.4 Å². The van der Waals surface area contributed by atoms with E-state index in [0.29, 0.717) is 29.7 Å². The summed E-state index contributed by atoms with van der Waals surface area (Å²) >= 11 is 10.9. The predicted molar refractivity (Wildman–Crippen MR) is 106 cm³/mol. The first-order valence-electron chi connectivity index (χ1n) is 7.94. The summed E-state index contributed by atoms with van der Waals surface area (Å²) in [6.07, 6.45) is 0. The highest BCUT2D eigenvalue weighted by molar-refractivity contribution is 9.10. The van der Waals surface area contributed by atoms with Gasteiger partial charge >= 0.3 is 5.97 Å². The average molecular weight is 459 g/mol. The number of hydrogen-bond donors (Lipinski definition) is 2. The molecular weight excluding hydrogens is 442 g/mol. The molecule has 0 radical (unpaired) electrons. The molecular formula is C18H17BrClNO4S. The molecule has 0 spiro atoms. The molecule has 0 saturated carbocycles. The fraction of sp³-hybridized carbons (Fsp3) is 0.278. The van der Waals surface area contributed by atoms with Crippen LogP contribution >= 0.6 is 39.3 Å². The van der Waals surface area contributed by atoms with Crippen LogP contribution in [0.3, 0.4) is 0 Å². The summed E-state index contributed by atoms with van der Waals surface area (Å²) in [5.41, 5.74) is 1.01. The van der Waals surface area contributed by atoms with Gasteiger partial charge in [0.05, 0.1) is 9.85 Å². The smallest absolute Gasteiger partial charge is 0.321 e. The van der Waals surface area contributed by atoms with E-state index in [4.69, 9.17) is 26.2 Å². The van der Waals surface area contributed by atoms with Gasteiger partial charge in [-0.1, -0.05) is 17.7 Å². The minimum Gasteiger partial charge on any atom is -0.490 e. The first kappa shape index (κ1) is 19.4. The molecule has 2 atom stereocenters. The molecule has 1 aliphatic rings. The van der Waals surface area contributed by atoms with Gasteiger partial charge < -0.3 is 14.6 Å². The van der Waals surface area contributed by atoms with Crippen LogP contribution in [-0.2, 0) is 4.79 Å². The molecule has 2 unspecified atom stereocenters. The standard InChI is InChI=1S/C18H17BrClNO4S/c19-14-9-11(17-21-15(10-26-17)18(22)23)1-6-16(14)25-8-7-24-13-4-2-12(20)3-5-13/h1-6,9,15,17,21H,7-8,10H2,(H,22,23). The number of carboxylic acids is 1. The summed E-state index contributed by atoms with van der Waals surface area (Å²) < 4.78 is 12.2. The molecule has 2 aromatic carbocycles. The molecule has 1 aliphatic heterocycles. The van der Waals surface area contributed by atoms with Gasteiger partial charge in [-0.2, -0.15) is 0 Å². The van der Waals surface area contributed by atoms with E-state index in [1.807, 2.05) is 30.3 Å². The highest BCUT2D eigenvalue weighted by Gasteiger charge is 2.30. The second kappa shape index (κ2) is 8.99. The summed E-state index contributed by atoms with van der Waals surface area (Å²) in [4.78, 5) is 11.0. The van der Waals surface area contributed by atoms with Crippen LogP contribution in [0.25, 0.3) is 0 Å². The van der Waals surface area contributed by atoms with Gasteiger partial charge in [-0.05, 0) is 57.9 Å². The average Bonchev–Trinajstić information content (AvgIpc) is 3.12. The minimum atomic E-state index is -0.820. The number of halogens is 2. The number of nitrogens with one attached hydrogen (secondary N) is 1. The SMILES string of the molecule is O=C(O)C1CSC(c2ccc(OCCOc3ccc(Cl)cc3)c(Br)c2)N1. The summed E-state index contributed by atoms with van der Waals surface area (Å²) in [7, 11) is 0. The second-order valence-electron chi connectivity index (χ2n) is 5.61. The summed E-state index contributed by atoms with van der Waals surface area (Å²) in [6, 6.07) is 12.4. The molecule has 0 bridgehead atoms. The van der Waals surface area contributed by atoms with Crippen LogP contribution in [-0.4, -0.2) is 36.1 Å². The van der Waals surface area contributed by atoms with Gasteiger partial charge in [0.15, 0.2) is 0 Å². The third kappa shape index (κ3) is 5.07. The Balaban J connectivity index is 1.50. The summed E-state index contributed by atoms with van der Waals surface area (Å²) in [6.45, 7) is 0.814. The van der Waals surface area contributed by atoms with E-state index in [-0.39, 0.29) is 5.37 Å². The largest absolute Gasteiger partial charge is 0.490 e. The van der Waals surface area contributed by atoms with E-state index in [1.54, 1.807) is 23.9 Å². The molecule has 2 aromatic rings. The van der Waals surface area contributed by atoms with Gasteiger partial charge in [0.1, 0.15) is 30.8 Å². The monoisotopic (exact) mass is 457 g/mol. The van der Waals surface area contributed by atoms with Crippen LogP contribution < -0.4 is 14.8 Å². The van der Waals surface area contributed by atoms with Gasteiger partial charge in [-0.25, -0.2) is 0 Å². The second-order valence-corrected chi connectivity index (χ2v) is 8.04. The van der Waals surface area contributed by atoms with E-state index in [0.717, 1.165) is 15.8 Å². The Bertz CT molecular complexity index is 774. The molecule has 26 heavy (non-hydrogen) atoms. The van der Waals surface area contributed by atoms with Gasteiger partial charge in [-0.3, -0.25) is 10.1 Å². The van der Waals surface area contributed by atoms with Crippen molar-refractivity contribution in [2.24, 2.45) is 0 Å². The maximum Gasteiger partial charge on any atom is 0.321 e. The Morgan fingerprint density at radius 3 is 2.62 bits per heavy atom. The molecule has 1 fully saturated rings. The van der Waals surface area contributed by atoms with E-state index >= 15 is 0 Å². The molecule has 0 aliphatic carbocycles. The first-order valence-corrected chi connectivity index (χ1v) is 10.2. The predicted octanol–water partition coefficient (Wildman–Crippen LogP) is 4.35. The Labute approximate surface area is 169 Å². The maximum atomic E-state index is 11.0. The van der Waals surface area contributed by atoms with Crippen molar-refractivity contribution in [1.82, 2.24) is 5.32 Å². The van der Waals surface area contributed by atoms with Crippen molar-refractivity contribution in [2.75, 3.05) is 19.0 Å². The zero-order valence-electron chi connectivity index (χ0n) is 13.7. The zero-order chi connectivity index (χ0) is 18.5. The van der Waals surface area contributed by atoms with Crippen LogP contribution in [0, 0.1) is 0 Å². The highest BCUT2D eigenvalue weighted by Crippen LogP contribution is 2.36. The Morgan fingerprint density at radius 2 is 1.96 bits per heavy atom. The Morgan fingerprint density at radius 1 is 1.23 bits per heavy atom. The molecule has 138 valence electrons. The van der Waals surface area contributed by atoms with Gasteiger partial charge in [0.25, 0.3) is 0 Å². The van der Waals surface area contributed by atoms with E-state index in [2.05, 4.69) is 21.2 Å². The zero-order valence-corrected chi connectivity index (χ0v) is 16.8. The highest BCUT2D eigenvalue weighted by atomic mass is 79.9. The lowest BCUT2D eigenvalue weighted by atomic mass is 10.2. The normalized spacial score (nSPS) is 19.3. The van der Waals surface area contributed by atoms with Gasteiger partial charge in [-0.15, -0.1) is 11.8 Å². The topological polar surface area (TPSA) is 67.8 Å². The number of ether oxygens (including phenoxy) is 2. The van der Waals surface area contributed by atoms with E-state index < -0.39 is 12.0 Å². The molecule has 1 saturated heterocycles. The quantitative estimate of drug-likeness (QED) is 0.601. The lowest BCUT2D eigenvalue weighted by molar-refractivity contribution is -0.138. The summed E-state index contributed by atoms with van der Waals surface area (Å²) in [5.74, 6) is 1.19. The van der Waals surface area contributed by atoms with E-state index in [9.17, 15) is 4.79 Å². The van der Waals surface area contributed by atoms with Crippen molar-refractivity contribution in [3.05, 3.63) is 57.5 Å². The molecule has 3 rings (SSSR count). The van der Waals surface area contributed by atoms with Crippen LogP contribution in [0.15, 0.2) is 46.9 Å². The van der Waals surface area contributed by atoms with Crippen LogP contribution in [0.1, 0.15) is 10.9 Å². The number of aliphatic carboxylic acids is 1. The molecule has 8 heteroatoms. The lowest BCUT2D eigenvalue weighted by Gasteiger charge is -2.14. The van der Waals surface area contributed by atoms with Crippen LogP contribution in [0.5, 0.6) is 11.5 Å². The third-order valence-corrected chi connectivity index (χ3v) is 5.90. The van der Waals surface area contributed by atoms with E-state index in [1.165, 1.54) is 0 Å². The summed E-state index contributed by atoms with van der Waals surface area (Å²) in [5, 5.41) is 12.8. The maximum absolute atomic E-state index is 11.0. The van der Waals surface area contributed by atoms with Crippen LogP contribution in [0.4, 0.5) is 0 Å². The minimum absolute atomic E-state index is 0.0327. The fourth-order valence-corrected chi connectivity index (χ4v) is 4.31. The van der Waals surface area contributed by atoms with Gasteiger partial charge in [0.2, 0.25) is 0 Å². The molecule has 0 amide bonds. The molecule has 5 nitrogen and oxygen atoms in total. The fourth-order valence-electron chi connectivity index (χ4n) is 2.45. The lowest BCUT2D eigenvalue weighted by Crippen LogP contribution is -2.33. The van der Waals surface area contributed by atoms with Gasteiger partial charge in [0, 0.05) is 10.8 Å². The first-order chi connectivity index (χ1) is 12.5. The van der Waals surface area contributed by atoms with Crippen molar-refractivity contribution in [1.29, 1.82) is 0 Å². The molecule has 2 N–H and O–H groups in total. The van der Waals surface area contributed by atoms with Crippen molar-refractivity contribution >= 4 is 45.3 Å². The number of carbonyl (C=O) groups is 1. The van der Waals surface area contributed by atoms with Crippen LogP contribution in [0.2, 0.25) is 5.02 Å². The van der Waals surface area contributed by atoms with Crippen molar-refractivity contribution in [3.63, 3.8) is 0 Å². The number of carboxylic acid groups (broad SMARTS) is 1.